The first kappa shape index (κ1) is 28.9. The van der Waals surface area contributed by atoms with Gasteiger partial charge in [0.1, 0.15) is 5.82 Å². The Morgan fingerprint density at radius 3 is 2.06 bits per heavy atom. The van der Waals surface area contributed by atoms with Crippen molar-refractivity contribution in [1.29, 1.82) is 0 Å². The number of likely N-dealkylation sites (tertiary alicyclic amines) is 1. The van der Waals surface area contributed by atoms with E-state index in [9.17, 15) is 26.3 Å². The van der Waals surface area contributed by atoms with E-state index in [-0.39, 0.29) is 0 Å². The molecule has 200 valence electrons. The van der Waals surface area contributed by atoms with E-state index in [4.69, 9.17) is 19.8 Å². The third-order valence-electron chi connectivity index (χ3n) is 5.50. The third-order valence-corrected chi connectivity index (χ3v) is 5.50. The van der Waals surface area contributed by atoms with Gasteiger partial charge in [-0.2, -0.15) is 31.4 Å². The lowest BCUT2D eigenvalue weighted by atomic mass is 9.79. The number of hydrogen-bond acceptors (Lipinski definition) is 6. The predicted octanol–water partition coefficient (Wildman–Crippen LogP) is 3.10. The average Bonchev–Trinajstić information content (AvgIpc) is 3.33. The molecule has 4 heterocycles. The Hall–Kier alpha value is -3.36. The number of carboxylic acids is 2. The maximum atomic E-state index is 10.6. The predicted molar refractivity (Wildman–Crippen MR) is 114 cm³/mol. The van der Waals surface area contributed by atoms with Crippen LogP contribution in [0.3, 0.4) is 0 Å². The Labute approximate surface area is 201 Å². The fraction of sp³-hybridized carbons (Fsp3) is 0.524. The number of halogens is 6. The Kier molecular flexibility index (Phi) is 8.93. The number of carboxylic acid groups (broad SMARTS) is 2. The molecule has 2 N–H and O–H groups in total. The summed E-state index contributed by atoms with van der Waals surface area (Å²) >= 11 is 0. The summed E-state index contributed by atoms with van der Waals surface area (Å²) in [5, 5.41) is 18.5. The fourth-order valence-corrected chi connectivity index (χ4v) is 3.95. The topological polar surface area (TPSA) is 112 Å². The molecular formula is C21H25F6N5O4. The van der Waals surface area contributed by atoms with Crippen LogP contribution in [0.25, 0.3) is 0 Å². The van der Waals surface area contributed by atoms with Gasteiger partial charge in [0.25, 0.3) is 0 Å². The van der Waals surface area contributed by atoms with Crippen molar-refractivity contribution in [3.8, 4) is 0 Å². The first-order valence-corrected chi connectivity index (χ1v) is 10.5. The SMILES string of the molecule is Cc1cccnc1N1CC2(CCN(Cc3cnn(C)c3)C2)C1.O=C(O)C(F)(F)F.O=C(O)C(F)(F)F. The van der Waals surface area contributed by atoms with Crippen molar-refractivity contribution >= 4 is 17.8 Å². The molecular weight excluding hydrogens is 500 g/mol. The van der Waals surface area contributed by atoms with Gasteiger partial charge in [-0.3, -0.25) is 9.58 Å². The molecule has 9 nitrogen and oxygen atoms in total. The molecule has 2 saturated heterocycles. The molecule has 4 rings (SSSR count). The van der Waals surface area contributed by atoms with Crippen molar-refractivity contribution < 1.29 is 46.1 Å². The highest BCUT2D eigenvalue weighted by atomic mass is 19.4. The largest absolute Gasteiger partial charge is 0.490 e. The molecule has 0 aromatic carbocycles. The molecule has 15 heteroatoms. The second-order valence-corrected chi connectivity index (χ2v) is 8.59. The minimum absolute atomic E-state index is 0.478. The molecule has 0 atom stereocenters. The van der Waals surface area contributed by atoms with Gasteiger partial charge in [0.2, 0.25) is 0 Å². The summed E-state index contributed by atoms with van der Waals surface area (Å²) in [5.74, 6) is -4.35. The number of pyridine rings is 1. The first-order valence-electron chi connectivity index (χ1n) is 10.5. The minimum Gasteiger partial charge on any atom is -0.475 e. The minimum atomic E-state index is -5.08. The van der Waals surface area contributed by atoms with E-state index in [1.54, 1.807) is 0 Å². The molecule has 2 aliphatic heterocycles. The van der Waals surface area contributed by atoms with Gasteiger partial charge in [0.05, 0.1) is 6.20 Å². The summed E-state index contributed by atoms with van der Waals surface area (Å²) in [4.78, 5) is 27.3. The van der Waals surface area contributed by atoms with Gasteiger partial charge in [0.15, 0.2) is 0 Å². The van der Waals surface area contributed by atoms with E-state index >= 15 is 0 Å². The smallest absolute Gasteiger partial charge is 0.475 e. The van der Waals surface area contributed by atoms with Crippen LogP contribution in [0.15, 0.2) is 30.7 Å². The first-order chi connectivity index (χ1) is 16.5. The van der Waals surface area contributed by atoms with Crippen molar-refractivity contribution in [2.45, 2.75) is 32.2 Å². The molecule has 0 unspecified atom stereocenters. The van der Waals surface area contributed by atoms with E-state index in [2.05, 4.69) is 39.1 Å². The van der Waals surface area contributed by atoms with E-state index < -0.39 is 24.3 Å². The molecule has 36 heavy (non-hydrogen) atoms. The number of carbonyl (C=O) groups is 2. The van der Waals surface area contributed by atoms with Gasteiger partial charge in [-0.25, -0.2) is 14.6 Å². The van der Waals surface area contributed by atoms with Crippen molar-refractivity contribution in [3.05, 3.63) is 41.9 Å². The van der Waals surface area contributed by atoms with E-state index in [0.717, 1.165) is 19.6 Å². The fourth-order valence-electron chi connectivity index (χ4n) is 3.95. The molecule has 2 aliphatic rings. The van der Waals surface area contributed by atoms with Crippen LogP contribution in [0.5, 0.6) is 0 Å². The number of aryl methyl sites for hydroxylation is 2. The van der Waals surface area contributed by atoms with Crippen LogP contribution < -0.4 is 4.90 Å². The monoisotopic (exact) mass is 525 g/mol. The lowest BCUT2D eigenvalue weighted by molar-refractivity contribution is -0.193. The molecule has 1 spiro atoms. The lowest BCUT2D eigenvalue weighted by Gasteiger charge is -2.49. The summed E-state index contributed by atoms with van der Waals surface area (Å²) in [6.45, 7) is 7.87. The van der Waals surface area contributed by atoms with Crippen LogP contribution >= 0.6 is 0 Å². The highest BCUT2D eigenvalue weighted by Crippen LogP contribution is 2.42. The third kappa shape index (κ3) is 8.10. The van der Waals surface area contributed by atoms with Gasteiger partial charge in [-0.1, -0.05) is 6.07 Å². The van der Waals surface area contributed by atoms with Crippen molar-refractivity contribution in [2.24, 2.45) is 12.5 Å². The maximum Gasteiger partial charge on any atom is 0.490 e. The zero-order chi connectivity index (χ0) is 27.3. The summed E-state index contributed by atoms with van der Waals surface area (Å²) in [7, 11) is 1.98. The van der Waals surface area contributed by atoms with Gasteiger partial charge in [0, 0.05) is 56.6 Å². The van der Waals surface area contributed by atoms with Gasteiger partial charge in [-0.05, 0) is 31.5 Å². The van der Waals surface area contributed by atoms with E-state index in [1.807, 2.05) is 30.2 Å². The standard InChI is InChI=1S/C17H23N5.2C2HF3O2/c1-14-4-3-6-18-16(14)22-12-17(13-22)5-7-21(11-17)10-15-8-19-20(2)9-15;2*3-2(4,5)1(6)7/h3-4,6,8-9H,5,7,10-13H2,1-2H3;2*(H,6,7). The van der Waals surface area contributed by atoms with Crippen LogP contribution in [-0.2, 0) is 23.2 Å². The molecule has 0 amide bonds. The molecule has 2 aromatic heterocycles. The number of anilines is 1. The number of aromatic nitrogens is 3. The highest BCUT2D eigenvalue weighted by Gasteiger charge is 2.48. The molecule has 0 saturated carbocycles. The van der Waals surface area contributed by atoms with Crippen LogP contribution in [0.2, 0.25) is 0 Å². The van der Waals surface area contributed by atoms with Crippen LogP contribution in [-0.4, -0.2) is 80.3 Å². The molecule has 0 radical (unpaired) electrons. The number of hydrogen-bond donors (Lipinski definition) is 2. The summed E-state index contributed by atoms with van der Waals surface area (Å²) in [6.07, 6.45) is -2.86. The summed E-state index contributed by atoms with van der Waals surface area (Å²) < 4.78 is 65.4. The summed E-state index contributed by atoms with van der Waals surface area (Å²) in [5.41, 5.74) is 3.07. The van der Waals surface area contributed by atoms with E-state index in [0.29, 0.717) is 5.41 Å². The van der Waals surface area contributed by atoms with Gasteiger partial charge >= 0.3 is 24.3 Å². The number of nitrogens with zero attached hydrogens (tertiary/aromatic N) is 5. The molecule has 0 aliphatic carbocycles. The summed E-state index contributed by atoms with van der Waals surface area (Å²) in [6, 6.07) is 4.16. The van der Waals surface area contributed by atoms with Crippen molar-refractivity contribution in [3.63, 3.8) is 0 Å². The van der Waals surface area contributed by atoms with Crippen LogP contribution in [0.4, 0.5) is 32.2 Å². The quantitative estimate of drug-likeness (QED) is 0.589. The Morgan fingerprint density at radius 1 is 1.06 bits per heavy atom. The Balaban J connectivity index is 0.000000271. The van der Waals surface area contributed by atoms with Crippen LogP contribution in [0.1, 0.15) is 17.5 Å². The normalized spacial score (nSPS) is 16.9. The van der Waals surface area contributed by atoms with Gasteiger partial charge < -0.3 is 15.1 Å². The second kappa shape index (κ2) is 11.1. The Bertz CT molecular complexity index is 1030. The highest BCUT2D eigenvalue weighted by molar-refractivity contribution is 5.73. The number of aliphatic carboxylic acids is 2. The zero-order valence-corrected chi connectivity index (χ0v) is 19.3. The van der Waals surface area contributed by atoms with Crippen LogP contribution in [0, 0.1) is 12.3 Å². The second-order valence-electron chi connectivity index (χ2n) is 8.59. The number of alkyl halides is 6. The average molecular weight is 525 g/mol. The molecule has 2 fully saturated rings. The molecule has 0 bridgehead atoms. The van der Waals surface area contributed by atoms with E-state index in [1.165, 1.54) is 36.5 Å². The maximum absolute atomic E-state index is 10.6. The van der Waals surface area contributed by atoms with Gasteiger partial charge in [-0.15, -0.1) is 0 Å². The zero-order valence-electron chi connectivity index (χ0n) is 19.3. The number of rotatable bonds is 3. The Morgan fingerprint density at radius 2 is 1.61 bits per heavy atom. The van der Waals surface area contributed by atoms with Crippen molar-refractivity contribution in [1.82, 2.24) is 19.7 Å². The lowest BCUT2D eigenvalue weighted by Crippen LogP contribution is -2.58. The molecule has 2 aromatic rings. The van der Waals surface area contributed by atoms with Crippen molar-refractivity contribution in [2.75, 3.05) is 31.1 Å².